The predicted molar refractivity (Wildman–Crippen MR) is 93.1 cm³/mol. The molecule has 25 heavy (non-hydrogen) atoms. The highest BCUT2D eigenvalue weighted by molar-refractivity contribution is 6.31. The fraction of sp³-hybridized carbons (Fsp3) is 0.556. The van der Waals surface area contributed by atoms with Crippen LogP contribution in [0, 0.1) is 0 Å². The summed E-state index contributed by atoms with van der Waals surface area (Å²) < 4.78 is 5.48. The van der Waals surface area contributed by atoms with Crippen molar-refractivity contribution in [2.24, 2.45) is 0 Å². The summed E-state index contributed by atoms with van der Waals surface area (Å²) >= 11 is 6.22. The number of aliphatic hydroxyl groups is 1. The highest BCUT2D eigenvalue weighted by Crippen LogP contribution is 2.30. The molecule has 0 aromatic heterocycles. The zero-order chi connectivity index (χ0) is 17.9. The van der Waals surface area contributed by atoms with E-state index >= 15 is 0 Å². The van der Waals surface area contributed by atoms with Crippen molar-refractivity contribution < 1.29 is 19.4 Å². The smallest absolute Gasteiger partial charge is 0.251 e. The Kier molecular flexibility index (Phi) is 5.61. The number of halogens is 1. The number of hydrogen-bond acceptors (Lipinski definition) is 4. The lowest BCUT2D eigenvalue weighted by molar-refractivity contribution is -0.148. The molecular weight excluding hydrogens is 344 g/mol. The van der Waals surface area contributed by atoms with E-state index in [9.17, 15) is 14.7 Å². The van der Waals surface area contributed by atoms with E-state index in [1.165, 1.54) is 0 Å². The Bertz CT molecular complexity index is 646. The molecule has 2 amide bonds. The van der Waals surface area contributed by atoms with Gasteiger partial charge in [-0.3, -0.25) is 9.59 Å². The molecule has 2 atom stereocenters. The van der Waals surface area contributed by atoms with Crippen LogP contribution in [-0.2, 0) is 14.3 Å². The third kappa shape index (κ3) is 4.32. The monoisotopic (exact) mass is 366 g/mol. The molecule has 0 bridgehead atoms. The molecule has 1 saturated carbocycles. The number of nitrogens with one attached hydrogen (secondary N) is 2. The first-order chi connectivity index (χ1) is 12.0. The lowest BCUT2D eigenvalue weighted by atomic mass is 9.85. The summed E-state index contributed by atoms with van der Waals surface area (Å²) in [6.45, 7) is 0.0121. The Labute approximate surface area is 151 Å². The first kappa shape index (κ1) is 18.2. The van der Waals surface area contributed by atoms with Gasteiger partial charge in [-0.1, -0.05) is 49.1 Å². The van der Waals surface area contributed by atoms with Crippen molar-refractivity contribution in [3.05, 3.63) is 34.9 Å². The minimum atomic E-state index is -0.884. The molecule has 3 N–H and O–H groups in total. The number of carbonyl (C=O) groups excluding carboxylic acids is 2. The summed E-state index contributed by atoms with van der Waals surface area (Å²) in [6.07, 6.45) is 3.52. The second-order valence-corrected chi connectivity index (χ2v) is 7.21. The van der Waals surface area contributed by atoms with Gasteiger partial charge < -0.3 is 20.5 Å². The van der Waals surface area contributed by atoms with Gasteiger partial charge in [0.1, 0.15) is 6.61 Å². The Morgan fingerprint density at radius 2 is 2.04 bits per heavy atom. The lowest BCUT2D eigenvalue weighted by Crippen LogP contribution is -2.54. The van der Waals surface area contributed by atoms with Crippen LogP contribution in [0.2, 0.25) is 5.02 Å². The van der Waals surface area contributed by atoms with E-state index in [-0.39, 0.29) is 25.0 Å². The minimum Gasteiger partial charge on any atom is -0.388 e. The molecule has 3 rings (SSSR count). The summed E-state index contributed by atoms with van der Waals surface area (Å²) in [5.41, 5.74) is -0.222. The normalized spacial score (nSPS) is 25.9. The maximum atomic E-state index is 12.6. The molecule has 2 aliphatic rings. The first-order valence-electron chi connectivity index (χ1n) is 8.64. The van der Waals surface area contributed by atoms with Gasteiger partial charge in [0, 0.05) is 11.6 Å². The number of ether oxygens (including phenoxy) is 1. The number of morpholine rings is 1. The van der Waals surface area contributed by atoms with Gasteiger partial charge in [-0.05, 0) is 24.5 Å². The maximum Gasteiger partial charge on any atom is 0.251 e. The molecule has 1 aliphatic heterocycles. The van der Waals surface area contributed by atoms with Crippen molar-refractivity contribution in [1.29, 1.82) is 0 Å². The third-order valence-electron chi connectivity index (χ3n) is 4.89. The van der Waals surface area contributed by atoms with Gasteiger partial charge in [0.15, 0.2) is 6.10 Å². The third-order valence-corrected chi connectivity index (χ3v) is 5.23. The second kappa shape index (κ2) is 7.72. The van der Waals surface area contributed by atoms with Gasteiger partial charge in [-0.2, -0.15) is 0 Å². The standard InChI is InChI=1S/C18H23ClN2O4/c19-13-7-3-2-6-12(13)15-16(25-10-14(22)21-15)17(23)20-11-18(24)8-4-1-5-9-18/h2-3,6-7,15-16,24H,1,4-5,8-11H2,(H,20,23)(H,21,22). The van der Waals surface area contributed by atoms with Crippen molar-refractivity contribution in [1.82, 2.24) is 10.6 Å². The van der Waals surface area contributed by atoms with Gasteiger partial charge in [0.25, 0.3) is 5.91 Å². The predicted octanol–water partition coefficient (Wildman–Crippen LogP) is 1.71. The van der Waals surface area contributed by atoms with Crippen molar-refractivity contribution in [2.75, 3.05) is 13.2 Å². The Balaban J connectivity index is 1.70. The van der Waals surface area contributed by atoms with Crippen LogP contribution >= 0.6 is 11.6 Å². The van der Waals surface area contributed by atoms with Crippen LogP contribution in [0.4, 0.5) is 0 Å². The van der Waals surface area contributed by atoms with Crippen molar-refractivity contribution in [3.63, 3.8) is 0 Å². The number of carbonyl (C=O) groups is 2. The van der Waals surface area contributed by atoms with Gasteiger partial charge >= 0.3 is 0 Å². The zero-order valence-electron chi connectivity index (χ0n) is 14.0. The van der Waals surface area contributed by atoms with E-state index in [2.05, 4.69) is 10.6 Å². The highest BCUT2D eigenvalue weighted by Gasteiger charge is 2.38. The second-order valence-electron chi connectivity index (χ2n) is 6.80. The van der Waals surface area contributed by atoms with E-state index in [0.717, 1.165) is 19.3 Å². The van der Waals surface area contributed by atoms with E-state index in [4.69, 9.17) is 16.3 Å². The summed E-state index contributed by atoms with van der Waals surface area (Å²) in [5, 5.41) is 16.6. The zero-order valence-corrected chi connectivity index (χ0v) is 14.7. The summed E-state index contributed by atoms with van der Waals surface area (Å²) in [5.74, 6) is -0.649. The average Bonchev–Trinajstić information content (AvgIpc) is 2.61. The summed E-state index contributed by atoms with van der Waals surface area (Å²) in [6, 6.07) is 6.39. The largest absolute Gasteiger partial charge is 0.388 e. The van der Waals surface area contributed by atoms with Gasteiger partial charge in [-0.15, -0.1) is 0 Å². The van der Waals surface area contributed by atoms with Crippen molar-refractivity contribution in [3.8, 4) is 0 Å². The van der Waals surface area contributed by atoms with Crippen LogP contribution in [0.1, 0.15) is 43.7 Å². The van der Waals surface area contributed by atoms with Crippen LogP contribution in [0.3, 0.4) is 0 Å². The average molecular weight is 367 g/mol. The minimum absolute atomic E-state index is 0.177. The molecule has 2 unspecified atom stereocenters. The van der Waals surface area contributed by atoms with Gasteiger partial charge in [-0.25, -0.2) is 0 Å². The Hall–Kier alpha value is -1.63. The van der Waals surface area contributed by atoms with Crippen LogP contribution < -0.4 is 10.6 Å². The van der Waals surface area contributed by atoms with Gasteiger partial charge in [0.05, 0.1) is 11.6 Å². The quantitative estimate of drug-likeness (QED) is 0.757. The van der Waals surface area contributed by atoms with E-state index in [0.29, 0.717) is 23.4 Å². The molecule has 6 nitrogen and oxygen atoms in total. The van der Waals surface area contributed by atoms with Crippen molar-refractivity contribution in [2.45, 2.75) is 49.9 Å². The lowest BCUT2D eigenvalue weighted by Gasteiger charge is -2.35. The topological polar surface area (TPSA) is 87.7 Å². The summed E-state index contributed by atoms with van der Waals surface area (Å²) in [7, 11) is 0. The molecule has 1 saturated heterocycles. The van der Waals surface area contributed by atoms with E-state index in [1.54, 1.807) is 24.3 Å². The van der Waals surface area contributed by atoms with E-state index in [1.807, 2.05) is 0 Å². The number of amides is 2. The van der Waals surface area contributed by atoms with Crippen LogP contribution in [0.15, 0.2) is 24.3 Å². The molecule has 7 heteroatoms. The fourth-order valence-corrected chi connectivity index (χ4v) is 3.74. The SMILES string of the molecule is O=C1COC(C(=O)NCC2(O)CCCCC2)C(c2ccccc2Cl)N1. The molecule has 136 valence electrons. The molecule has 1 heterocycles. The van der Waals surface area contributed by atoms with E-state index < -0.39 is 17.7 Å². The highest BCUT2D eigenvalue weighted by atomic mass is 35.5. The number of rotatable bonds is 4. The first-order valence-corrected chi connectivity index (χ1v) is 9.02. The molecule has 1 aliphatic carbocycles. The molecule has 1 aromatic carbocycles. The molecule has 0 spiro atoms. The Morgan fingerprint density at radius 3 is 2.76 bits per heavy atom. The van der Waals surface area contributed by atoms with Crippen LogP contribution in [0.5, 0.6) is 0 Å². The fourth-order valence-electron chi connectivity index (χ4n) is 3.49. The number of hydrogen-bond donors (Lipinski definition) is 3. The van der Waals surface area contributed by atoms with Crippen LogP contribution in [-0.4, -0.2) is 41.8 Å². The maximum absolute atomic E-state index is 12.6. The van der Waals surface area contributed by atoms with Crippen molar-refractivity contribution >= 4 is 23.4 Å². The Morgan fingerprint density at radius 1 is 1.32 bits per heavy atom. The van der Waals surface area contributed by atoms with Crippen LogP contribution in [0.25, 0.3) is 0 Å². The molecular formula is C18H23ClN2O4. The molecule has 1 aromatic rings. The molecule has 2 fully saturated rings. The summed E-state index contributed by atoms with van der Waals surface area (Å²) in [4.78, 5) is 24.4. The number of benzene rings is 1. The molecule has 0 radical (unpaired) electrons. The van der Waals surface area contributed by atoms with Gasteiger partial charge in [0.2, 0.25) is 5.91 Å².